The predicted octanol–water partition coefficient (Wildman–Crippen LogP) is 1.99. The maximum atomic E-state index is 12.0. The van der Waals surface area contributed by atoms with Crippen molar-refractivity contribution in [2.75, 3.05) is 10.7 Å². The number of urea groups is 1. The minimum atomic E-state index is -0.292. The Morgan fingerprint density at radius 2 is 1.89 bits per heavy atom. The van der Waals surface area contributed by atoms with Gasteiger partial charge in [-0.15, -0.1) is 0 Å². The number of nitrogens with zero attached hydrogens (tertiary/aromatic N) is 1. The van der Waals surface area contributed by atoms with E-state index >= 15 is 0 Å². The summed E-state index contributed by atoms with van der Waals surface area (Å²) in [5.41, 5.74) is 6.82. The Balaban J connectivity index is 1.98. The summed E-state index contributed by atoms with van der Waals surface area (Å²) in [7, 11) is 0. The standard InChI is InChI=1S/C13H20N4O/c14-11-8-4-5-9-12(11)17(15)13(18)16-10-6-2-1-3-7-10/h4-5,8-10H,1-3,6-7,14-15H2,(H,16,18). The molecule has 0 saturated heterocycles. The zero-order valence-electron chi connectivity index (χ0n) is 10.4. The number of rotatable bonds is 2. The van der Waals surface area contributed by atoms with Crippen molar-refractivity contribution >= 4 is 17.4 Å². The van der Waals surface area contributed by atoms with Crippen LogP contribution in [0.5, 0.6) is 0 Å². The Labute approximate surface area is 107 Å². The van der Waals surface area contributed by atoms with Crippen LogP contribution in [0.4, 0.5) is 16.2 Å². The quantitative estimate of drug-likeness (QED) is 0.324. The van der Waals surface area contributed by atoms with Crippen LogP contribution in [-0.2, 0) is 0 Å². The molecular formula is C13H20N4O. The Hall–Kier alpha value is -1.75. The number of para-hydroxylation sites is 2. The molecule has 1 aromatic carbocycles. The highest BCUT2D eigenvalue weighted by Gasteiger charge is 2.19. The van der Waals surface area contributed by atoms with Gasteiger partial charge in [0.15, 0.2) is 0 Å². The molecule has 0 atom stereocenters. The van der Waals surface area contributed by atoms with Gasteiger partial charge in [-0.05, 0) is 25.0 Å². The fourth-order valence-electron chi connectivity index (χ4n) is 2.31. The van der Waals surface area contributed by atoms with Crippen molar-refractivity contribution in [2.45, 2.75) is 38.1 Å². The second-order valence-electron chi connectivity index (χ2n) is 4.71. The molecule has 18 heavy (non-hydrogen) atoms. The molecule has 0 aliphatic heterocycles. The summed E-state index contributed by atoms with van der Waals surface area (Å²) in [6, 6.07) is 7.02. The first kappa shape index (κ1) is 12.7. The minimum absolute atomic E-state index is 0.238. The molecule has 0 aromatic heterocycles. The first-order valence-corrected chi connectivity index (χ1v) is 6.38. The highest BCUT2D eigenvalue weighted by molar-refractivity contribution is 5.94. The highest BCUT2D eigenvalue weighted by Crippen LogP contribution is 2.21. The molecule has 0 heterocycles. The van der Waals surface area contributed by atoms with Crippen molar-refractivity contribution in [2.24, 2.45) is 5.84 Å². The van der Waals surface area contributed by atoms with Crippen LogP contribution in [0.25, 0.3) is 0 Å². The van der Waals surface area contributed by atoms with Gasteiger partial charge in [-0.25, -0.2) is 15.6 Å². The number of benzene rings is 1. The summed E-state index contributed by atoms with van der Waals surface area (Å²) in [4.78, 5) is 12.0. The number of carbonyl (C=O) groups excluding carboxylic acids is 1. The van der Waals surface area contributed by atoms with E-state index in [-0.39, 0.29) is 12.1 Å². The Bertz CT molecular complexity index is 415. The zero-order valence-corrected chi connectivity index (χ0v) is 10.4. The normalized spacial score (nSPS) is 16.3. The summed E-state index contributed by atoms with van der Waals surface area (Å²) < 4.78 is 0. The van der Waals surface area contributed by atoms with E-state index in [9.17, 15) is 4.79 Å². The third-order valence-corrected chi connectivity index (χ3v) is 3.35. The maximum Gasteiger partial charge on any atom is 0.336 e. The minimum Gasteiger partial charge on any atom is -0.397 e. The molecule has 5 nitrogen and oxygen atoms in total. The molecule has 1 aromatic rings. The molecule has 2 amide bonds. The van der Waals surface area contributed by atoms with Crippen molar-refractivity contribution in [3.63, 3.8) is 0 Å². The van der Waals surface area contributed by atoms with Gasteiger partial charge in [-0.1, -0.05) is 31.4 Å². The summed E-state index contributed by atoms with van der Waals surface area (Å²) in [6.07, 6.45) is 5.66. The van der Waals surface area contributed by atoms with E-state index in [0.29, 0.717) is 11.4 Å². The lowest BCUT2D eigenvalue weighted by Gasteiger charge is -2.26. The summed E-state index contributed by atoms with van der Waals surface area (Å²) in [5, 5.41) is 4.04. The smallest absolute Gasteiger partial charge is 0.336 e. The number of anilines is 2. The fraction of sp³-hybridized carbons (Fsp3) is 0.462. The van der Waals surface area contributed by atoms with Gasteiger partial charge < -0.3 is 11.1 Å². The predicted molar refractivity (Wildman–Crippen MR) is 72.9 cm³/mol. The largest absolute Gasteiger partial charge is 0.397 e. The number of amides is 2. The lowest BCUT2D eigenvalue weighted by atomic mass is 9.96. The van der Waals surface area contributed by atoms with Gasteiger partial charge in [0.1, 0.15) is 0 Å². The first-order chi connectivity index (χ1) is 8.68. The number of hydrazine groups is 1. The lowest BCUT2D eigenvalue weighted by Crippen LogP contribution is -2.49. The van der Waals surface area contributed by atoms with Crippen LogP contribution >= 0.6 is 0 Å². The van der Waals surface area contributed by atoms with Gasteiger partial charge in [0.25, 0.3) is 0 Å². The Morgan fingerprint density at radius 1 is 1.22 bits per heavy atom. The van der Waals surface area contributed by atoms with Crippen LogP contribution in [-0.4, -0.2) is 12.1 Å². The van der Waals surface area contributed by atoms with Gasteiger partial charge in [0.05, 0.1) is 11.4 Å². The number of nitrogens with two attached hydrogens (primary N) is 2. The average Bonchev–Trinajstić information content (AvgIpc) is 2.39. The molecule has 0 radical (unpaired) electrons. The van der Waals surface area contributed by atoms with E-state index in [0.717, 1.165) is 17.9 Å². The van der Waals surface area contributed by atoms with Crippen molar-refractivity contribution in [1.29, 1.82) is 0 Å². The molecule has 1 fully saturated rings. The molecule has 0 unspecified atom stereocenters. The molecule has 1 saturated carbocycles. The molecule has 1 aliphatic carbocycles. The summed E-state index contributed by atoms with van der Waals surface area (Å²) in [6.45, 7) is 0. The molecule has 98 valence electrons. The maximum absolute atomic E-state index is 12.0. The third kappa shape index (κ3) is 2.92. The van der Waals surface area contributed by atoms with Crippen LogP contribution in [0.3, 0.4) is 0 Å². The van der Waals surface area contributed by atoms with E-state index in [1.807, 2.05) is 6.07 Å². The molecular weight excluding hydrogens is 228 g/mol. The van der Waals surface area contributed by atoms with E-state index in [1.54, 1.807) is 18.2 Å². The fourth-order valence-corrected chi connectivity index (χ4v) is 2.31. The van der Waals surface area contributed by atoms with E-state index < -0.39 is 0 Å². The average molecular weight is 248 g/mol. The lowest BCUT2D eigenvalue weighted by molar-refractivity contribution is 0.238. The zero-order chi connectivity index (χ0) is 13.0. The van der Waals surface area contributed by atoms with Crippen LogP contribution in [0.2, 0.25) is 0 Å². The van der Waals surface area contributed by atoms with Crippen molar-refractivity contribution in [1.82, 2.24) is 5.32 Å². The topological polar surface area (TPSA) is 84.4 Å². The third-order valence-electron chi connectivity index (χ3n) is 3.35. The summed E-state index contributed by atoms with van der Waals surface area (Å²) in [5.74, 6) is 5.80. The second-order valence-corrected chi connectivity index (χ2v) is 4.71. The van der Waals surface area contributed by atoms with Crippen LogP contribution in [0, 0.1) is 0 Å². The van der Waals surface area contributed by atoms with Gasteiger partial charge >= 0.3 is 6.03 Å². The molecule has 5 heteroatoms. The number of hydrogen-bond donors (Lipinski definition) is 3. The van der Waals surface area contributed by atoms with Crippen molar-refractivity contribution < 1.29 is 4.79 Å². The van der Waals surface area contributed by atoms with E-state index in [4.69, 9.17) is 11.6 Å². The molecule has 2 rings (SSSR count). The monoisotopic (exact) mass is 248 g/mol. The van der Waals surface area contributed by atoms with Crippen molar-refractivity contribution in [3.8, 4) is 0 Å². The van der Waals surface area contributed by atoms with Gasteiger partial charge in [0.2, 0.25) is 0 Å². The molecule has 0 bridgehead atoms. The van der Waals surface area contributed by atoms with Crippen LogP contribution < -0.4 is 21.9 Å². The van der Waals surface area contributed by atoms with E-state index in [2.05, 4.69) is 5.32 Å². The van der Waals surface area contributed by atoms with Gasteiger partial charge in [-0.3, -0.25) is 0 Å². The molecule has 1 aliphatic rings. The molecule has 5 N–H and O–H groups in total. The number of nitrogen functional groups attached to an aromatic ring is 1. The second kappa shape index (κ2) is 5.73. The Kier molecular flexibility index (Phi) is 4.04. The first-order valence-electron chi connectivity index (χ1n) is 6.38. The van der Waals surface area contributed by atoms with Gasteiger partial charge in [0, 0.05) is 6.04 Å². The number of hydrogen-bond acceptors (Lipinski definition) is 3. The number of carbonyl (C=O) groups is 1. The number of nitrogens with one attached hydrogen (secondary N) is 1. The van der Waals surface area contributed by atoms with Crippen LogP contribution in [0.1, 0.15) is 32.1 Å². The Morgan fingerprint density at radius 3 is 2.56 bits per heavy atom. The highest BCUT2D eigenvalue weighted by atomic mass is 16.2. The SMILES string of the molecule is Nc1ccccc1N(N)C(=O)NC1CCCCC1. The van der Waals surface area contributed by atoms with Crippen LogP contribution in [0.15, 0.2) is 24.3 Å². The summed E-state index contributed by atoms with van der Waals surface area (Å²) >= 11 is 0. The van der Waals surface area contributed by atoms with E-state index in [1.165, 1.54) is 19.3 Å². The van der Waals surface area contributed by atoms with Gasteiger partial charge in [-0.2, -0.15) is 0 Å². The van der Waals surface area contributed by atoms with Crippen molar-refractivity contribution in [3.05, 3.63) is 24.3 Å². The molecule has 0 spiro atoms.